The molecule has 5 heteroatoms. The number of nitrogens with one attached hydrogen (secondary N) is 1. The van der Waals surface area contributed by atoms with Gasteiger partial charge in [-0.2, -0.15) is 0 Å². The molecule has 0 aromatic heterocycles. The maximum Gasteiger partial charge on any atom is 0.309 e. The minimum atomic E-state index is -0.990. The Balaban J connectivity index is 3.05. The Morgan fingerprint density at radius 3 is 2.39 bits per heavy atom. The Morgan fingerprint density at radius 2 is 1.89 bits per heavy atom. The van der Waals surface area contributed by atoms with Crippen LogP contribution in [0, 0.1) is 20.8 Å². The van der Waals surface area contributed by atoms with E-state index in [4.69, 9.17) is 10.5 Å². The van der Waals surface area contributed by atoms with E-state index >= 15 is 0 Å². The van der Waals surface area contributed by atoms with Crippen LogP contribution in [0.4, 0.5) is 0 Å². The number of methoxy groups -OCH3 is 1. The lowest BCUT2D eigenvalue weighted by Crippen LogP contribution is -2.35. The van der Waals surface area contributed by atoms with Gasteiger partial charge >= 0.3 is 11.8 Å². The number of nitrogens with two attached hydrogens (primary N) is 1. The molecule has 1 aromatic carbocycles. The van der Waals surface area contributed by atoms with E-state index in [1.165, 1.54) is 0 Å². The lowest BCUT2D eigenvalue weighted by Gasteiger charge is -2.16. The van der Waals surface area contributed by atoms with E-state index in [1.54, 1.807) is 7.11 Å². The lowest BCUT2D eigenvalue weighted by atomic mass is 9.99. The monoisotopic (exact) mass is 250 g/mol. The topological polar surface area (TPSA) is 81.4 Å². The highest BCUT2D eigenvalue weighted by Crippen LogP contribution is 2.29. The Hall–Kier alpha value is -2.04. The molecule has 0 saturated carbocycles. The molecule has 98 valence electrons. The summed E-state index contributed by atoms with van der Waals surface area (Å²) in [5.41, 5.74) is 8.88. The van der Waals surface area contributed by atoms with Crippen molar-refractivity contribution in [2.24, 2.45) is 5.73 Å². The predicted octanol–water partition coefficient (Wildman–Crippen LogP) is 0.722. The molecular weight excluding hydrogens is 232 g/mol. The van der Waals surface area contributed by atoms with E-state index in [1.807, 2.05) is 26.8 Å². The van der Waals surface area contributed by atoms with Crippen molar-refractivity contribution >= 4 is 11.8 Å². The maximum absolute atomic E-state index is 11.2. The van der Waals surface area contributed by atoms with Gasteiger partial charge in [0.1, 0.15) is 5.75 Å². The van der Waals surface area contributed by atoms with Gasteiger partial charge in [0.2, 0.25) is 0 Å². The van der Waals surface area contributed by atoms with Crippen LogP contribution in [0.15, 0.2) is 6.07 Å². The van der Waals surface area contributed by atoms with Crippen molar-refractivity contribution in [2.45, 2.75) is 27.3 Å². The first-order valence-corrected chi connectivity index (χ1v) is 5.59. The van der Waals surface area contributed by atoms with Crippen molar-refractivity contribution < 1.29 is 14.3 Å². The number of hydrogen-bond donors (Lipinski definition) is 2. The molecule has 5 nitrogen and oxygen atoms in total. The SMILES string of the molecule is COc1c(C)c(C)cc(C)c1CNC(=O)C(N)=O. The average Bonchev–Trinajstić information content (AvgIpc) is 2.31. The molecule has 1 aromatic rings. The van der Waals surface area contributed by atoms with Gasteiger partial charge in [-0.25, -0.2) is 0 Å². The zero-order valence-electron chi connectivity index (χ0n) is 11.1. The molecule has 0 saturated heterocycles. The molecule has 0 aliphatic heterocycles. The van der Waals surface area contributed by atoms with Crippen molar-refractivity contribution in [1.82, 2.24) is 5.32 Å². The van der Waals surface area contributed by atoms with Gasteiger partial charge < -0.3 is 15.8 Å². The number of carbonyl (C=O) groups excluding carboxylic acids is 2. The van der Waals surface area contributed by atoms with Crippen LogP contribution in [0.25, 0.3) is 0 Å². The number of carbonyl (C=O) groups is 2. The van der Waals surface area contributed by atoms with Gasteiger partial charge in [0, 0.05) is 12.1 Å². The smallest absolute Gasteiger partial charge is 0.309 e. The number of amides is 2. The van der Waals surface area contributed by atoms with Gasteiger partial charge in [-0.05, 0) is 37.5 Å². The molecule has 2 amide bonds. The Morgan fingerprint density at radius 1 is 1.28 bits per heavy atom. The summed E-state index contributed by atoms with van der Waals surface area (Å²) in [7, 11) is 1.58. The first-order valence-electron chi connectivity index (χ1n) is 5.59. The van der Waals surface area contributed by atoms with Crippen LogP contribution in [0.5, 0.6) is 5.75 Å². The van der Waals surface area contributed by atoms with Crippen LogP contribution in [0.3, 0.4) is 0 Å². The third kappa shape index (κ3) is 2.80. The second-order valence-corrected chi connectivity index (χ2v) is 4.19. The molecule has 18 heavy (non-hydrogen) atoms. The number of benzene rings is 1. The van der Waals surface area contributed by atoms with Gasteiger partial charge in [-0.3, -0.25) is 9.59 Å². The van der Waals surface area contributed by atoms with Gasteiger partial charge in [0.05, 0.1) is 7.11 Å². The van der Waals surface area contributed by atoms with Gasteiger partial charge in [0.15, 0.2) is 0 Å². The number of aryl methyl sites for hydroxylation is 2. The highest BCUT2D eigenvalue weighted by Gasteiger charge is 2.14. The summed E-state index contributed by atoms with van der Waals surface area (Å²) in [6.07, 6.45) is 0. The fraction of sp³-hybridized carbons (Fsp3) is 0.385. The van der Waals surface area contributed by atoms with Crippen molar-refractivity contribution in [3.8, 4) is 5.75 Å². The molecule has 0 bridgehead atoms. The highest BCUT2D eigenvalue weighted by atomic mass is 16.5. The summed E-state index contributed by atoms with van der Waals surface area (Å²) in [4.78, 5) is 21.8. The lowest BCUT2D eigenvalue weighted by molar-refractivity contribution is -0.137. The number of ether oxygens (including phenoxy) is 1. The number of rotatable bonds is 3. The molecule has 0 atom stereocenters. The maximum atomic E-state index is 11.2. The van der Waals surface area contributed by atoms with Crippen molar-refractivity contribution in [3.05, 3.63) is 28.3 Å². The summed E-state index contributed by atoms with van der Waals surface area (Å²) in [6, 6.07) is 2.02. The van der Waals surface area contributed by atoms with Crippen molar-refractivity contribution in [3.63, 3.8) is 0 Å². The third-order valence-electron chi connectivity index (χ3n) is 2.97. The van der Waals surface area contributed by atoms with E-state index in [2.05, 4.69) is 5.32 Å². The molecule has 0 aliphatic rings. The molecular formula is C13H18N2O3. The summed E-state index contributed by atoms with van der Waals surface area (Å²) >= 11 is 0. The van der Waals surface area contributed by atoms with E-state index in [0.29, 0.717) is 0 Å². The second-order valence-electron chi connectivity index (χ2n) is 4.19. The minimum Gasteiger partial charge on any atom is -0.496 e. The number of primary amides is 1. The van der Waals surface area contributed by atoms with E-state index in [0.717, 1.165) is 28.0 Å². The molecule has 0 unspecified atom stereocenters. The third-order valence-corrected chi connectivity index (χ3v) is 2.97. The Labute approximate surface area is 106 Å². The summed E-state index contributed by atoms with van der Waals surface area (Å²) in [5.74, 6) is -1.05. The molecule has 1 rings (SSSR count). The summed E-state index contributed by atoms with van der Waals surface area (Å²) in [6.45, 7) is 6.10. The standard InChI is InChI=1S/C13H18N2O3/c1-7-5-8(2)10(11(18-4)9(7)3)6-15-13(17)12(14)16/h5H,6H2,1-4H3,(H2,14,16)(H,15,17). The first kappa shape index (κ1) is 14.0. The molecule has 0 spiro atoms. The zero-order valence-corrected chi connectivity index (χ0v) is 11.1. The Kier molecular flexibility index (Phi) is 4.31. The molecule has 3 N–H and O–H groups in total. The summed E-state index contributed by atoms with van der Waals surface area (Å²) < 4.78 is 5.36. The van der Waals surface area contributed by atoms with Crippen LogP contribution in [-0.2, 0) is 16.1 Å². The van der Waals surface area contributed by atoms with Crippen LogP contribution in [0.1, 0.15) is 22.3 Å². The molecule has 0 fully saturated rings. The van der Waals surface area contributed by atoms with Gasteiger partial charge in [0.25, 0.3) is 0 Å². The average molecular weight is 250 g/mol. The quantitative estimate of drug-likeness (QED) is 0.776. The van der Waals surface area contributed by atoms with Crippen molar-refractivity contribution in [2.75, 3.05) is 7.11 Å². The van der Waals surface area contributed by atoms with Crippen LogP contribution in [0.2, 0.25) is 0 Å². The molecule has 0 heterocycles. The van der Waals surface area contributed by atoms with Gasteiger partial charge in [-0.15, -0.1) is 0 Å². The minimum absolute atomic E-state index is 0.220. The largest absolute Gasteiger partial charge is 0.496 e. The van der Waals surface area contributed by atoms with Crippen LogP contribution in [-0.4, -0.2) is 18.9 Å². The van der Waals surface area contributed by atoms with E-state index < -0.39 is 11.8 Å². The fourth-order valence-corrected chi connectivity index (χ4v) is 1.86. The van der Waals surface area contributed by atoms with Crippen LogP contribution < -0.4 is 15.8 Å². The van der Waals surface area contributed by atoms with Crippen LogP contribution >= 0.6 is 0 Å². The van der Waals surface area contributed by atoms with E-state index in [-0.39, 0.29) is 6.54 Å². The Bertz CT molecular complexity index is 495. The number of hydrogen-bond acceptors (Lipinski definition) is 3. The fourth-order valence-electron chi connectivity index (χ4n) is 1.86. The van der Waals surface area contributed by atoms with E-state index in [9.17, 15) is 9.59 Å². The van der Waals surface area contributed by atoms with Gasteiger partial charge in [-0.1, -0.05) is 6.07 Å². The van der Waals surface area contributed by atoms with Crippen molar-refractivity contribution in [1.29, 1.82) is 0 Å². The zero-order chi connectivity index (χ0) is 13.9. The summed E-state index contributed by atoms with van der Waals surface area (Å²) in [5, 5.41) is 2.47. The normalized spacial score (nSPS) is 10.0. The molecule has 0 aliphatic carbocycles. The second kappa shape index (κ2) is 5.53. The molecule has 0 radical (unpaired) electrons. The highest BCUT2D eigenvalue weighted by molar-refractivity contribution is 6.34. The first-order chi connectivity index (χ1) is 8.38. The predicted molar refractivity (Wildman–Crippen MR) is 68.2 cm³/mol.